The van der Waals surface area contributed by atoms with Crippen molar-refractivity contribution in [3.63, 3.8) is 0 Å². The Morgan fingerprint density at radius 3 is 0.818 bits per heavy atom. The molecule has 0 saturated carbocycles. The van der Waals surface area contributed by atoms with Crippen LogP contribution in [0.5, 0.6) is 0 Å². The molecular weight excluding hydrogens is 200 g/mol. The molecule has 11 heavy (non-hydrogen) atoms. The van der Waals surface area contributed by atoms with Crippen LogP contribution in [0.3, 0.4) is 0 Å². The zero-order chi connectivity index (χ0) is 7.15. The van der Waals surface area contributed by atoms with Crippen LogP contribution in [0.15, 0.2) is 0 Å². The molecular formula is C2H2CaMgO7. The smallest absolute Gasteiger partial charge is 0.652 e. The van der Waals surface area contributed by atoms with E-state index in [1.54, 1.807) is 0 Å². The molecule has 9 heteroatoms. The van der Waals surface area contributed by atoms with Crippen LogP contribution in [0.1, 0.15) is 0 Å². The average molecular weight is 202 g/mol. The summed E-state index contributed by atoms with van der Waals surface area (Å²) < 4.78 is 0. The van der Waals surface area contributed by atoms with Crippen molar-refractivity contribution in [2.75, 3.05) is 0 Å². The molecule has 0 aromatic heterocycles. The molecule has 0 unspecified atom stereocenters. The first kappa shape index (κ1) is 30.0. The van der Waals surface area contributed by atoms with E-state index in [0.717, 1.165) is 0 Å². The number of carbonyl (C=O) groups is 2. The van der Waals surface area contributed by atoms with E-state index in [2.05, 4.69) is 0 Å². The van der Waals surface area contributed by atoms with Crippen molar-refractivity contribution in [1.82, 2.24) is 0 Å². The summed E-state index contributed by atoms with van der Waals surface area (Å²) in [5, 5.41) is 33.3. The van der Waals surface area contributed by atoms with E-state index in [9.17, 15) is 0 Å². The van der Waals surface area contributed by atoms with Gasteiger partial charge in [-0.25, -0.2) is 0 Å². The average Bonchev–Trinajstić information content (AvgIpc) is 1.25. The number of carboxylic acid groups (broad SMARTS) is 4. The van der Waals surface area contributed by atoms with Crippen molar-refractivity contribution < 1.29 is 35.5 Å². The predicted molar refractivity (Wildman–Crippen MR) is 25.9 cm³/mol. The monoisotopic (exact) mass is 202 g/mol. The van der Waals surface area contributed by atoms with E-state index in [1.165, 1.54) is 0 Å². The second-order valence-corrected chi connectivity index (χ2v) is 0.500. The van der Waals surface area contributed by atoms with Crippen LogP contribution in [-0.4, -0.2) is 78.6 Å². The summed E-state index contributed by atoms with van der Waals surface area (Å²) in [6.07, 6.45) is -4.67. The van der Waals surface area contributed by atoms with Gasteiger partial charge < -0.3 is 35.5 Å². The molecule has 2 N–H and O–H groups in total. The van der Waals surface area contributed by atoms with Gasteiger partial charge in [-0.2, -0.15) is 0 Å². The summed E-state index contributed by atoms with van der Waals surface area (Å²) in [4.78, 5) is 16.7. The van der Waals surface area contributed by atoms with Crippen molar-refractivity contribution in [1.29, 1.82) is 0 Å². The first-order valence-electron chi connectivity index (χ1n) is 1.22. The maximum absolute atomic E-state index is 8.33. The Morgan fingerprint density at radius 1 is 0.818 bits per heavy atom. The topological polar surface area (TPSA) is 158 Å². The first-order valence-corrected chi connectivity index (χ1v) is 1.22. The Kier molecular flexibility index (Phi) is 61.1. The normalized spacial score (nSPS) is 4.36. The van der Waals surface area contributed by atoms with Gasteiger partial charge in [0.2, 0.25) is 0 Å². The minimum atomic E-state index is -2.33. The fourth-order valence-corrected chi connectivity index (χ4v) is 0. The molecule has 0 fully saturated rings. The number of hydrogen-bond donors (Lipinski definition) is 0. The van der Waals surface area contributed by atoms with Gasteiger partial charge in [-0.15, -0.1) is 0 Å². The van der Waals surface area contributed by atoms with Crippen molar-refractivity contribution >= 4 is 73.1 Å². The molecule has 7 nitrogen and oxygen atoms in total. The third kappa shape index (κ3) is 2770. The quantitative estimate of drug-likeness (QED) is 0.355. The van der Waals surface area contributed by atoms with E-state index in [-0.39, 0.29) is 66.3 Å². The summed E-state index contributed by atoms with van der Waals surface area (Å²) >= 11 is 0. The maximum atomic E-state index is 8.33. The molecule has 0 amide bonds. The number of carbonyl (C=O) groups excluding carboxylic acids is 2. The van der Waals surface area contributed by atoms with E-state index >= 15 is 0 Å². The van der Waals surface area contributed by atoms with Gasteiger partial charge in [0.05, 0.1) is 0 Å². The summed E-state index contributed by atoms with van der Waals surface area (Å²) in [7, 11) is 0. The van der Waals surface area contributed by atoms with Gasteiger partial charge in [0.25, 0.3) is 0 Å². The number of rotatable bonds is 0. The number of hydrogen-bond acceptors (Lipinski definition) is 6. The molecule has 0 aliphatic carbocycles. The van der Waals surface area contributed by atoms with Gasteiger partial charge in [-0.1, -0.05) is 0 Å². The Bertz CT molecular complexity index is 74.4. The van der Waals surface area contributed by atoms with E-state index in [1.807, 2.05) is 0 Å². The third-order valence-corrected chi connectivity index (χ3v) is 0. The minimum Gasteiger partial charge on any atom is -0.652 e. The molecule has 0 heterocycles. The largest absolute Gasteiger partial charge is 2.00 e. The second kappa shape index (κ2) is 22.4. The molecule has 0 aliphatic rings. The van der Waals surface area contributed by atoms with Crippen LogP contribution < -0.4 is 20.4 Å². The van der Waals surface area contributed by atoms with Gasteiger partial charge in [0.1, 0.15) is 0 Å². The fraction of sp³-hybridized carbons (Fsp3) is 0. The summed E-state index contributed by atoms with van der Waals surface area (Å²) in [6.45, 7) is 0. The van der Waals surface area contributed by atoms with Gasteiger partial charge in [0, 0.05) is 0 Å². The molecule has 0 aliphatic heterocycles. The van der Waals surface area contributed by atoms with Crippen molar-refractivity contribution in [3.05, 3.63) is 0 Å². The van der Waals surface area contributed by atoms with Gasteiger partial charge >= 0.3 is 60.8 Å². The molecule has 56 valence electrons. The molecule has 0 spiro atoms. The Labute approximate surface area is 107 Å². The Morgan fingerprint density at radius 2 is 0.818 bits per heavy atom. The first-order chi connectivity index (χ1) is 3.46. The summed E-state index contributed by atoms with van der Waals surface area (Å²) in [5.41, 5.74) is 0. The minimum absolute atomic E-state index is 0. The fourth-order valence-electron chi connectivity index (χ4n) is 0. The van der Waals surface area contributed by atoms with E-state index in [4.69, 9.17) is 30.0 Å². The Balaban J connectivity index is -0.0000000171. The molecule has 0 radical (unpaired) electrons. The Hall–Kier alpha value is 0.526. The van der Waals surface area contributed by atoms with Crippen molar-refractivity contribution in [2.45, 2.75) is 0 Å². The predicted octanol–water partition coefficient (Wildman–Crippen LogP) is -6.48. The van der Waals surface area contributed by atoms with E-state index in [0.29, 0.717) is 0 Å². The standard InChI is InChI=1S/2CH2O3.Ca.Mg.H2O/c2*2-1(3)4;;;/h2*(H2,2,3,4);;;1H2/q;;2*+2;/p-4. The van der Waals surface area contributed by atoms with Crippen LogP contribution in [0.4, 0.5) is 9.59 Å². The van der Waals surface area contributed by atoms with Crippen LogP contribution >= 0.6 is 0 Å². The van der Waals surface area contributed by atoms with Gasteiger partial charge in [-0.3, -0.25) is 0 Å². The molecule has 0 rings (SSSR count). The molecule has 0 bridgehead atoms. The van der Waals surface area contributed by atoms with Crippen LogP contribution in [-0.2, 0) is 0 Å². The third-order valence-electron chi connectivity index (χ3n) is 0. The molecule has 0 aromatic rings. The summed E-state index contributed by atoms with van der Waals surface area (Å²) in [6, 6.07) is 0. The van der Waals surface area contributed by atoms with Crippen molar-refractivity contribution in [3.8, 4) is 0 Å². The molecule has 0 aromatic carbocycles. The maximum Gasteiger partial charge on any atom is 2.00 e. The molecule has 0 saturated heterocycles. The van der Waals surface area contributed by atoms with Crippen LogP contribution in [0.25, 0.3) is 0 Å². The van der Waals surface area contributed by atoms with Gasteiger partial charge in [0.15, 0.2) is 0 Å². The SMILES string of the molecule is O.O=C([O-])[O-].O=C([O-])[O-].[Ca+2].[Mg+2]. The van der Waals surface area contributed by atoms with Crippen molar-refractivity contribution in [2.24, 2.45) is 0 Å². The zero-order valence-electron chi connectivity index (χ0n) is 5.36. The van der Waals surface area contributed by atoms with E-state index < -0.39 is 12.3 Å². The molecule has 0 atom stereocenters. The van der Waals surface area contributed by atoms with Crippen LogP contribution in [0, 0.1) is 0 Å². The van der Waals surface area contributed by atoms with Crippen LogP contribution in [0.2, 0.25) is 0 Å². The van der Waals surface area contributed by atoms with Gasteiger partial charge in [-0.05, 0) is 12.3 Å². The summed E-state index contributed by atoms with van der Waals surface area (Å²) in [5.74, 6) is 0. The zero-order valence-corrected chi connectivity index (χ0v) is 8.99. The second-order valence-electron chi connectivity index (χ2n) is 0.500.